The lowest BCUT2D eigenvalue weighted by Crippen LogP contribution is -2.26. The summed E-state index contributed by atoms with van der Waals surface area (Å²) >= 11 is 0. The molecule has 17 heavy (non-hydrogen) atoms. The van der Waals surface area contributed by atoms with E-state index < -0.39 is 6.10 Å². The minimum absolute atomic E-state index is 0.309. The van der Waals surface area contributed by atoms with Gasteiger partial charge in [0.1, 0.15) is 5.75 Å². The Labute approximate surface area is 103 Å². The molecule has 0 aliphatic carbocycles. The van der Waals surface area contributed by atoms with Crippen LogP contribution < -0.4 is 5.73 Å². The van der Waals surface area contributed by atoms with Crippen LogP contribution in [-0.4, -0.2) is 16.3 Å². The van der Waals surface area contributed by atoms with Gasteiger partial charge in [-0.15, -0.1) is 0 Å². The van der Waals surface area contributed by atoms with E-state index in [0.29, 0.717) is 5.75 Å². The van der Waals surface area contributed by atoms with Crippen molar-refractivity contribution < 1.29 is 10.2 Å². The monoisotopic (exact) mass is 237 g/mol. The molecule has 0 amide bonds. The van der Waals surface area contributed by atoms with E-state index in [4.69, 9.17) is 5.73 Å². The molecule has 4 N–H and O–H groups in total. The van der Waals surface area contributed by atoms with Crippen molar-refractivity contribution in [1.82, 2.24) is 0 Å². The Kier molecular flexibility index (Phi) is 4.97. The van der Waals surface area contributed by atoms with Gasteiger partial charge in [-0.3, -0.25) is 0 Å². The quantitative estimate of drug-likeness (QED) is 0.737. The number of benzene rings is 1. The Morgan fingerprint density at radius 1 is 1.24 bits per heavy atom. The zero-order valence-electron chi connectivity index (χ0n) is 10.9. The summed E-state index contributed by atoms with van der Waals surface area (Å²) < 4.78 is 0. The first kappa shape index (κ1) is 14.0. The molecule has 0 fully saturated rings. The maximum absolute atomic E-state index is 9.97. The number of aliphatic hydroxyl groups is 1. The third-order valence-corrected chi connectivity index (χ3v) is 3.17. The summed E-state index contributed by atoms with van der Waals surface area (Å²) in [6, 6.07) is 3.32. The van der Waals surface area contributed by atoms with Crippen LogP contribution in [0.3, 0.4) is 0 Å². The Morgan fingerprint density at radius 2 is 1.76 bits per heavy atom. The zero-order chi connectivity index (χ0) is 13.0. The van der Waals surface area contributed by atoms with Gasteiger partial charge in [0.25, 0.3) is 0 Å². The van der Waals surface area contributed by atoms with Crippen LogP contribution in [0.4, 0.5) is 0 Å². The molecule has 0 aliphatic rings. The van der Waals surface area contributed by atoms with Gasteiger partial charge in [-0.1, -0.05) is 31.9 Å². The van der Waals surface area contributed by atoms with Crippen molar-refractivity contribution in [3.63, 3.8) is 0 Å². The molecule has 0 radical (unpaired) electrons. The summed E-state index contributed by atoms with van der Waals surface area (Å²) in [4.78, 5) is 0. The number of aliphatic hydroxyl groups excluding tert-OH is 1. The van der Waals surface area contributed by atoms with Crippen LogP contribution in [0.2, 0.25) is 0 Å². The van der Waals surface area contributed by atoms with Gasteiger partial charge >= 0.3 is 0 Å². The van der Waals surface area contributed by atoms with Crippen LogP contribution in [0.15, 0.2) is 12.1 Å². The summed E-state index contributed by atoms with van der Waals surface area (Å²) in [5, 5.41) is 19.7. The number of hydrogen-bond acceptors (Lipinski definition) is 3. The molecule has 0 aromatic heterocycles. The normalized spacial score (nSPS) is 14.6. The molecule has 0 aliphatic heterocycles. The van der Waals surface area contributed by atoms with Crippen LogP contribution in [0.5, 0.6) is 5.75 Å². The molecular weight excluding hydrogens is 214 g/mol. The van der Waals surface area contributed by atoms with Crippen molar-refractivity contribution in [2.24, 2.45) is 5.73 Å². The van der Waals surface area contributed by atoms with Crippen molar-refractivity contribution in [2.45, 2.75) is 52.2 Å². The van der Waals surface area contributed by atoms with Gasteiger partial charge in [0, 0.05) is 0 Å². The van der Waals surface area contributed by atoms with Crippen LogP contribution in [0.25, 0.3) is 0 Å². The van der Waals surface area contributed by atoms with Gasteiger partial charge in [0.15, 0.2) is 0 Å². The summed E-state index contributed by atoms with van der Waals surface area (Å²) in [5.74, 6) is 0.309. The average molecular weight is 237 g/mol. The highest BCUT2D eigenvalue weighted by Crippen LogP contribution is 2.27. The number of nitrogens with two attached hydrogens (primary N) is 1. The van der Waals surface area contributed by atoms with E-state index in [0.717, 1.165) is 36.0 Å². The predicted molar refractivity (Wildman–Crippen MR) is 70.0 cm³/mol. The Morgan fingerprint density at radius 3 is 2.24 bits per heavy atom. The van der Waals surface area contributed by atoms with Crippen molar-refractivity contribution in [2.75, 3.05) is 0 Å². The van der Waals surface area contributed by atoms with Gasteiger partial charge in [-0.2, -0.15) is 0 Å². The highest BCUT2D eigenvalue weighted by atomic mass is 16.3. The second-order valence-corrected chi connectivity index (χ2v) is 4.74. The predicted octanol–water partition coefficient (Wildman–Crippen LogP) is 2.56. The van der Waals surface area contributed by atoms with Crippen molar-refractivity contribution >= 4 is 0 Å². The van der Waals surface area contributed by atoms with Crippen LogP contribution in [-0.2, 0) is 0 Å². The number of hydrogen-bond donors (Lipinski definition) is 3. The SMILES string of the molecule is CCCC[C@@H](O)[C@@H](N)c1cc(C)c(O)c(C)c1. The fraction of sp³-hybridized carbons (Fsp3) is 0.571. The first-order valence-electron chi connectivity index (χ1n) is 6.21. The largest absolute Gasteiger partial charge is 0.507 e. The van der Waals surface area contributed by atoms with Crippen molar-refractivity contribution in [1.29, 1.82) is 0 Å². The second-order valence-electron chi connectivity index (χ2n) is 4.74. The molecule has 0 spiro atoms. The van der Waals surface area contributed by atoms with E-state index >= 15 is 0 Å². The van der Waals surface area contributed by atoms with Crippen LogP contribution in [0, 0.1) is 13.8 Å². The van der Waals surface area contributed by atoms with Crippen LogP contribution in [0.1, 0.15) is 48.9 Å². The molecule has 0 saturated carbocycles. The third-order valence-electron chi connectivity index (χ3n) is 3.17. The maximum atomic E-state index is 9.97. The van der Waals surface area contributed by atoms with E-state index in [1.807, 2.05) is 26.0 Å². The Bertz CT molecular complexity index is 353. The topological polar surface area (TPSA) is 66.5 Å². The summed E-state index contributed by atoms with van der Waals surface area (Å²) in [5.41, 5.74) is 8.53. The second kappa shape index (κ2) is 6.03. The molecule has 1 aromatic rings. The van der Waals surface area contributed by atoms with E-state index in [9.17, 15) is 10.2 Å². The lowest BCUT2D eigenvalue weighted by atomic mass is 9.95. The summed E-state index contributed by atoms with van der Waals surface area (Å²) in [6.07, 6.45) is 2.23. The van der Waals surface area contributed by atoms with E-state index in [1.54, 1.807) is 0 Å². The highest BCUT2D eigenvalue weighted by Gasteiger charge is 2.17. The molecule has 0 unspecified atom stereocenters. The number of phenols is 1. The Balaban J connectivity index is 2.85. The Hall–Kier alpha value is -1.06. The first-order valence-corrected chi connectivity index (χ1v) is 6.21. The fourth-order valence-electron chi connectivity index (χ4n) is 2.00. The maximum Gasteiger partial charge on any atom is 0.121 e. The number of phenolic OH excluding ortho intramolecular Hbond substituents is 1. The van der Waals surface area contributed by atoms with Crippen molar-refractivity contribution in [3.05, 3.63) is 28.8 Å². The highest BCUT2D eigenvalue weighted by molar-refractivity contribution is 5.43. The van der Waals surface area contributed by atoms with Gasteiger partial charge < -0.3 is 15.9 Å². The molecule has 2 atom stereocenters. The lowest BCUT2D eigenvalue weighted by Gasteiger charge is -2.20. The molecule has 3 heteroatoms. The molecule has 1 rings (SSSR count). The van der Waals surface area contributed by atoms with Crippen LogP contribution >= 0.6 is 0 Å². The zero-order valence-corrected chi connectivity index (χ0v) is 10.9. The number of aryl methyl sites for hydroxylation is 2. The van der Waals surface area contributed by atoms with Gasteiger partial charge in [0.05, 0.1) is 12.1 Å². The third kappa shape index (κ3) is 3.45. The molecule has 0 bridgehead atoms. The summed E-state index contributed by atoms with van der Waals surface area (Å²) in [6.45, 7) is 5.78. The van der Waals surface area contributed by atoms with Crippen molar-refractivity contribution in [3.8, 4) is 5.75 Å². The minimum Gasteiger partial charge on any atom is -0.507 e. The van der Waals surface area contributed by atoms with Gasteiger partial charge in [-0.05, 0) is 37.0 Å². The number of unbranched alkanes of at least 4 members (excludes halogenated alkanes) is 1. The van der Waals surface area contributed by atoms with Gasteiger partial charge in [0.2, 0.25) is 0 Å². The smallest absolute Gasteiger partial charge is 0.121 e. The standard InChI is InChI=1S/C14H23NO2/c1-4-5-6-12(16)13(15)11-7-9(2)14(17)10(3)8-11/h7-8,12-13,16-17H,4-6,15H2,1-3H3/t12-,13+/m1/s1. The van der Waals surface area contributed by atoms with E-state index in [2.05, 4.69) is 6.92 Å². The molecule has 1 aromatic carbocycles. The lowest BCUT2D eigenvalue weighted by molar-refractivity contribution is 0.132. The molecule has 0 saturated heterocycles. The molecule has 96 valence electrons. The van der Waals surface area contributed by atoms with E-state index in [-0.39, 0.29) is 6.04 Å². The summed E-state index contributed by atoms with van der Waals surface area (Å²) in [7, 11) is 0. The number of rotatable bonds is 5. The first-order chi connectivity index (χ1) is 7.97. The average Bonchev–Trinajstić information content (AvgIpc) is 2.31. The fourth-order valence-corrected chi connectivity index (χ4v) is 2.00. The molecule has 3 nitrogen and oxygen atoms in total. The number of aromatic hydroxyl groups is 1. The van der Waals surface area contributed by atoms with E-state index in [1.165, 1.54) is 0 Å². The molecule has 0 heterocycles. The van der Waals surface area contributed by atoms with Gasteiger partial charge in [-0.25, -0.2) is 0 Å². The minimum atomic E-state index is -0.515. The molecular formula is C14H23NO2.